The number of likely N-dealkylation sites (tertiary alicyclic amines) is 1. The van der Waals surface area contributed by atoms with Crippen LogP contribution in [0.1, 0.15) is 60.4 Å². The number of aromatic nitrogens is 3. The van der Waals surface area contributed by atoms with Gasteiger partial charge in [-0.25, -0.2) is 0 Å². The Morgan fingerprint density at radius 2 is 2.13 bits per heavy atom. The molecule has 1 aliphatic heterocycles. The van der Waals surface area contributed by atoms with Gasteiger partial charge >= 0.3 is 0 Å². The third-order valence-electron chi connectivity index (χ3n) is 5.93. The zero-order valence-corrected chi connectivity index (χ0v) is 18.5. The van der Waals surface area contributed by atoms with Crippen molar-refractivity contribution in [1.29, 1.82) is 0 Å². The van der Waals surface area contributed by atoms with Gasteiger partial charge in [-0.05, 0) is 25.1 Å². The summed E-state index contributed by atoms with van der Waals surface area (Å²) in [5.41, 5.74) is 4.86. The van der Waals surface area contributed by atoms with Crippen molar-refractivity contribution in [3.05, 3.63) is 59.0 Å². The monoisotopic (exact) mass is 421 g/mol. The predicted molar refractivity (Wildman–Crippen MR) is 121 cm³/mol. The number of aromatic amines is 1. The lowest BCUT2D eigenvalue weighted by atomic mass is 9.89. The number of para-hydroxylation sites is 1. The molecule has 1 unspecified atom stereocenters. The number of pyridine rings is 1. The number of hydrogen-bond donors (Lipinski definition) is 3. The van der Waals surface area contributed by atoms with Crippen LogP contribution in [-0.4, -0.2) is 57.3 Å². The van der Waals surface area contributed by atoms with Crippen LogP contribution in [0.5, 0.6) is 0 Å². The van der Waals surface area contributed by atoms with Crippen LogP contribution in [0.2, 0.25) is 0 Å². The molecular weight excluding hydrogens is 390 g/mol. The summed E-state index contributed by atoms with van der Waals surface area (Å²) in [5.74, 6) is 0.107. The van der Waals surface area contributed by atoms with Gasteiger partial charge in [0.1, 0.15) is 0 Å². The number of carbonyl (C=O) groups is 1. The van der Waals surface area contributed by atoms with E-state index in [2.05, 4.69) is 41.2 Å². The van der Waals surface area contributed by atoms with Gasteiger partial charge in [0.15, 0.2) is 0 Å². The second-order valence-corrected chi connectivity index (χ2v) is 9.33. The Kier molecular flexibility index (Phi) is 6.07. The number of carbonyl (C=O) groups excluding carboxylic acids is 1. The standard InChI is InChI=1S/C24H31N5O2/c1-24(2,3)22-17(13-26-28-22)15-29-10-8-16(14-29)21-12-19(23(31)25-9-11-30)18-6-4-5-7-20(18)27-21/h4-7,12-13,16,30H,8-11,14-15H2,1-3H3,(H,25,31)(H,26,28). The highest BCUT2D eigenvalue weighted by Gasteiger charge is 2.28. The second kappa shape index (κ2) is 8.77. The van der Waals surface area contributed by atoms with Gasteiger partial charge in [0.2, 0.25) is 0 Å². The number of hydrogen-bond acceptors (Lipinski definition) is 5. The van der Waals surface area contributed by atoms with E-state index in [9.17, 15) is 4.79 Å². The van der Waals surface area contributed by atoms with E-state index < -0.39 is 0 Å². The number of H-pyrrole nitrogens is 1. The minimum absolute atomic E-state index is 0.0295. The van der Waals surface area contributed by atoms with Gasteiger partial charge in [-0.3, -0.25) is 19.8 Å². The smallest absolute Gasteiger partial charge is 0.252 e. The molecule has 1 atom stereocenters. The first-order chi connectivity index (χ1) is 14.9. The number of aliphatic hydroxyl groups is 1. The molecule has 3 heterocycles. The zero-order chi connectivity index (χ0) is 22.0. The van der Waals surface area contributed by atoms with Crippen LogP contribution < -0.4 is 5.32 Å². The maximum Gasteiger partial charge on any atom is 0.252 e. The number of aliphatic hydroxyl groups excluding tert-OH is 1. The summed E-state index contributed by atoms with van der Waals surface area (Å²) >= 11 is 0. The Morgan fingerprint density at radius 3 is 2.90 bits per heavy atom. The quantitative estimate of drug-likeness (QED) is 0.569. The Morgan fingerprint density at radius 1 is 1.32 bits per heavy atom. The number of nitrogens with one attached hydrogen (secondary N) is 2. The van der Waals surface area contributed by atoms with Crippen LogP contribution in [0.25, 0.3) is 10.9 Å². The first kappa shape index (κ1) is 21.5. The van der Waals surface area contributed by atoms with Gasteiger partial charge in [-0.2, -0.15) is 5.10 Å². The van der Waals surface area contributed by atoms with E-state index >= 15 is 0 Å². The molecule has 1 aliphatic rings. The minimum atomic E-state index is -0.169. The molecule has 0 radical (unpaired) electrons. The van der Waals surface area contributed by atoms with Crippen LogP contribution in [0.3, 0.4) is 0 Å². The molecule has 7 nitrogen and oxygen atoms in total. The van der Waals surface area contributed by atoms with Crippen LogP contribution in [0, 0.1) is 0 Å². The number of amides is 1. The molecule has 3 N–H and O–H groups in total. The van der Waals surface area contributed by atoms with Gasteiger partial charge in [0.05, 0.1) is 23.9 Å². The van der Waals surface area contributed by atoms with E-state index in [1.54, 1.807) is 0 Å². The summed E-state index contributed by atoms with van der Waals surface area (Å²) in [6.07, 6.45) is 2.94. The topological polar surface area (TPSA) is 94.1 Å². The molecule has 3 aromatic rings. The lowest BCUT2D eigenvalue weighted by Crippen LogP contribution is -2.27. The van der Waals surface area contributed by atoms with E-state index in [-0.39, 0.29) is 30.4 Å². The third kappa shape index (κ3) is 4.62. The van der Waals surface area contributed by atoms with Crippen molar-refractivity contribution >= 4 is 16.8 Å². The summed E-state index contributed by atoms with van der Waals surface area (Å²) in [5, 5.41) is 20.1. The largest absolute Gasteiger partial charge is 0.395 e. The summed E-state index contributed by atoms with van der Waals surface area (Å²) in [6.45, 7) is 9.49. The van der Waals surface area contributed by atoms with Crippen molar-refractivity contribution in [3.63, 3.8) is 0 Å². The average molecular weight is 422 g/mol. The van der Waals surface area contributed by atoms with Crippen molar-refractivity contribution < 1.29 is 9.90 Å². The van der Waals surface area contributed by atoms with Crippen molar-refractivity contribution in [2.75, 3.05) is 26.2 Å². The minimum Gasteiger partial charge on any atom is -0.395 e. The molecule has 0 spiro atoms. The fourth-order valence-electron chi connectivity index (χ4n) is 4.40. The van der Waals surface area contributed by atoms with E-state index in [0.29, 0.717) is 5.56 Å². The molecule has 7 heteroatoms. The van der Waals surface area contributed by atoms with Crippen molar-refractivity contribution in [1.82, 2.24) is 25.4 Å². The van der Waals surface area contributed by atoms with Crippen molar-refractivity contribution in [2.45, 2.75) is 45.1 Å². The summed E-state index contributed by atoms with van der Waals surface area (Å²) in [6, 6.07) is 9.68. The summed E-state index contributed by atoms with van der Waals surface area (Å²) in [4.78, 5) is 20.1. The van der Waals surface area contributed by atoms with Gasteiger partial charge in [-0.1, -0.05) is 39.0 Å². The van der Waals surface area contributed by atoms with E-state index in [1.807, 2.05) is 36.5 Å². The molecule has 164 valence electrons. The van der Waals surface area contributed by atoms with Crippen LogP contribution >= 0.6 is 0 Å². The van der Waals surface area contributed by atoms with Crippen LogP contribution in [0.15, 0.2) is 36.5 Å². The Bertz CT molecular complexity index is 1070. The average Bonchev–Trinajstić information content (AvgIpc) is 3.41. The lowest BCUT2D eigenvalue weighted by Gasteiger charge is -2.21. The molecule has 1 fully saturated rings. The molecule has 2 aromatic heterocycles. The maximum absolute atomic E-state index is 12.7. The molecule has 4 rings (SSSR count). The van der Waals surface area contributed by atoms with Crippen LogP contribution in [0.4, 0.5) is 0 Å². The number of nitrogens with zero attached hydrogens (tertiary/aromatic N) is 3. The van der Waals surface area contributed by atoms with E-state index in [1.165, 1.54) is 11.3 Å². The summed E-state index contributed by atoms with van der Waals surface area (Å²) < 4.78 is 0. The lowest BCUT2D eigenvalue weighted by molar-refractivity contribution is 0.0946. The van der Waals surface area contributed by atoms with E-state index in [0.717, 1.165) is 42.7 Å². The van der Waals surface area contributed by atoms with Gasteiger partial charge in [0.25, 0.3) is 5.91 Å². The Hall–Kier alpha value is -2.77. The van der Waals surface area contributed by atoms with Crippen LogP contribution in [-0.2, 0) is 12.0 Å². The Labute approximate surface area is 182 Å². The molecule has 0 saturated carbocycles. The molecular formula is C24H31N5O2. The van der Waals surface area contributed by atoms with E-state index in [4.69, 9.17) is 10.1 Å². The number of rotatable bonds is 6. The molecule has 0 aliphatic carbocycles. The van der Waals surface area contributed by atoms with Crippen molar-refractivity contribution in [2.24, 2.45) is 0 Å². The number of benzene rings is 1. The normalized spacial score (nSPS) is 17.4. The molecule has 1 amide bonds. The molecule has 1 aromatic carbocycles. The molecule has 31 heavy (non-hydrogen) atoms. The SMILES string of the molecule is CC(C)(C)c1[nH]ncc1CN1CCC(c2cc(C(=O)NCCO)c3ccccc3n2)C1. The highest BCUT2D eigenvalue weighted by Crippen LogP contribution is 2.31. The molecule has 1 saturated heterocycles. The maximum atomic E-state index is 12.7. The predicted octanol–water partition coefficient (Wildman–Crippen LogP) is 2.97. The second-order valence-electron chi connectivity index (χ2n) is 9.33. The van der Waals surface area contributed by atoms with Gasteiger partial charge in [0, 0.05) is 53.3 Å². The first-order valence-electron chi connectivity index (χ1n) is 10.9. The van der Waals surface area contributed by atoms with Crippen molar-refractivity contribution in [3.8, 4) is 0 Å². The Balaban J connectivity index is 1.56. The fraction of sp³-hybridized carbons (Fsp3) is 0.458. The highest BCUT2D eigenvalue weighted by molar-refractivity contribution is 6.06. The first-order valence-corrected chi connectivity index (χ1v) is 10.9. The number of fused-ring (bicyclic) bond motifs is 1. The van der Waals surface area contributed by atoms with Gasteiger partial charge < -0.3 is 10.4 Å². The highest BCUT2D eigenvalue weighted by atomic mass is 16.3. The fourth-order valence-corrected chi connectivity index (χ4v) is 4.40. The third-order valence-corrected chi connectivity index (χ3v) is 5.93. The zero-order valence-electron chi connectivity index (χ0n) is 18.5. The molecule has 0 bridgehead atoms. The van der Waals surface area contributed by atoms with Gasteiger partial charge in [-0.15, -0.1) is 0 Å². The summed E-state index contributed by atoms with van der Waals surface area (Å²) in [7, 11) is 0.